The lowest BCUT2D eigenvalue weighted by atomic mass is 9.97. The highest BCUT2D eigenvalue weighted by molar-refractivity contribution is 5.81. The fourth-order valence-corrected chi connectivity index (χ4v) is 2.88. The highest BCUT2D eigenvalue weighted by atomic mass is 16.4. The van der Waals surface area contributed by atoms with Crippen LogP contribution in [0.5, 0.6) is 0 Å². The van der Waals surface area contributed by atoms with Crippen molar-refractivity contribution in [2.75, 3.05) is 0 Å². The van der Waals surface area contributed by atoms with Gasteiger partial charge in [-0.3, -0.25) is 0 Å². The topological polar surface area (TPSA) is 37.3 Å². The minimum atomic E-state index is -0.912. The molecule has 0 atom stereocenters. The molecule has 0 bridgehead atoms. The molecule has 23 heavy (non-hydrogen) atoms. The molecule has 0 spiro atoms. The van der Waals surface area contributed by atoms with Crippen molar-refractivity contribution in [2.24, 2.45) is 0 Å². The highest BCUT2D eigenvalue weighted by Crippen LogP contribution is 2.30. The van der Waals surface area contributed by atoms with Crippen LogP contribution in [0.15, 0.2) is 65.8 Å². The number of aryl methyl sites for hydroxylation is 1. The number of carboxylic acids is 1. The Kier molecular flexibility index (Phi) is 6.16. The maximum atomic E-state index is 10.6. The summed E-state index contributed by atoms with van der Waals surface area (Å²) in [6.07, 6.45) is 14.0. The van der Waals surface area contributed by atoms with Crippen LogP contribution in [0.1, 0.15) is 44.2 Å². The van der Waals surface area contributed by atoms with Gasteiger partial charge in [0.05, 0.1) is 0 Å². The maximum Gasteiger partial charge on any atom is 0.328 e. The first-order chi connectivity index (χ1) is 11.1. The number of benzene rings is 1. The Balaban J connectivity index is 2.19. The van der Waals surface area contributed by atoms with Gasteiger partial charge < -0.3 is 5.11 Å². The predicted molar refractivity (Wildman–Crippen MR) is 96.3 cm³/mol. The molecule has 0 fully saturated rings. The molecule has 0 saturated heterocycles. The molecule has 0 heterocycles. The highest BCUT2D eigenvalue weighted by Gasteiger charge is 2.11. The molecular weight excluding hydrogens is 284 g/mol. The van der Waals surface area contributed by atoms with Crippen LogP contribution < -0.4 is 0 Å². The summed E-state index contributed by atoms with van der Waals surface area (Å²) in [5, 5.41) is 8.69. The van der Waals surface area contributed by atoms with Crippen LogP contribution in [0, 0.1) is 0 Å². The minimum absolute atomic E-state index is 0.731. The van der Waals surface area contributed by atoms with Crippen LogP contribution in [-0.2, 0) is 11.2 Å². The zero-order chi connectivity index (χ0) is 16.7. The summed E-state index contributed by atoms with van der Waals surface area (Å²) in [5.74, 6) is -0.912. The minimum Gasteiger partial charge on any atom is -0.478 e. The van der Waals surface area contributed by atoms with Gasteiger partial charge in [-0.05, 0) is 61.8 Å². The third-order valence-corrected chi connectivity index (χ3v) is 3.98. The van der Waals surface area contributed by atoms with E-state index in [-0.39, 0.29) is 0 Å². The van der Waals surface area contributed by atoms with Gasteiger partial charge in [-0.15, -0.1) is 0 Å². The van der Waals surface area contributed by atoms with Gasteiger partial charge in [0.2, 0.25) is 0 Å². The van der Waals surface area contributed by atoms with Crippen LogP contribution in [0.2, 0.25) is 0 Å². The molecule has 2 nitrogen and oxygen atoms in total. The molecule has 1 N–H and O–H groups in total. The van der Waals surface area contributed by atoms with E-state index < -0.39 is 5.97 Å². The molecule has 0 amide bonds. The van der Waals surface area contributed by atoms with Crippen molar-refractivity contribution >= 4 is 11.5 Å². The van der Waals surface area contributed by atoms with E-state index in [1.807, 2.05) is 18.2 Å². The van der Waals surface area contributed by atoms with Crippen molar-refractivity contribution < 1.29 is 9.90 Å². The van der Waals surface area contributed by atoms with Gasteiger partial charge in [-0.1, -0.05) is 54.1 Å². The number of rotatable bonds is 4. The van der Waals surface area contributed by atoms with Crippen molar-refractivity contribution in [3.8, 4) is 0 Å². The van der Waals surface area contributed by atoms with Crippen LogP contribution in [0.25, 0.3) is 5.57 Å². The average Bonchev–Trinajstić information content (AvgIpc) is 2.69. The Morgan fingerprint density at radius 1 is 1.09 bits per heavy atom. The van der Waals surface area contributed by atoms with E-state index in [1.165, 1.54) is 41.2 Å². The summed E-state index contributed by atoms with van der Waals surface area (Å²) in [6, 6.07) is 8.67. The lowest BCUT2D eigenvalue weighted by Crippen LogP contribution is -1.89. The Labute approximate surface area is 138 Å². The van der Waals surface area contributed by atoms with Gasteiger partial charge in [0, 0.05) is 6.08 Å². The second-order valence-corrected chi connectivity index (χ2v) is 6.03. The first kappa shape index (κ1) is 17.0. The summed E-state index contributed by atoms with van der Waals surface area (Å²) in [6.45, 7) is 3.87. The van der Waals surface area contributed by atoms with E-state index in [4.69, 9.17) is 5.11 Å². The van der Waals surface area contributed by atoms with E-state index in [2.05, 4.69) is 37.3 Å². The number of hydrogen-bond donors (Lipinski definition) is 1. The molecule has 0 aliphatic heterocycles. The smallest absolute Gasteiger partial charge is 0.328 e. The first-order valence-corrected chi connectivity index (χ1v) is 8.11. The standard InChI is InChI=1S/C21H24O2/c1-16(8-7-9-17(2)15-21(22)23)14-19-12-4-3-10-18-11-5-6-13-20(18)19/h5-9,11,13-15H,3-4,10,12H2,1-2H3,(H,22,23)/b9-7+,16-8+,17-15+,19-14+. The lowest BCUT2D eigenvalue weighted by Gasteiger charge is -2.08. The molecule has 1 aliphatic carbocycles. The fourth-order valence-electron chi connectivity index (χ4n) is 2.88. The van der Waals surface area contributed by atoms with Crippen LogP contribution in [0.4, 0.5) is 0 Å². The van der Waals surface area contributed by atoms with Gasteiger partial charge in [-0.25, -0.2) is 4.79 Å². The van der Waals surface area contributed by atoms with E-state index in [9.17, 15) is 4.79 Å². The molecule has 1 aliphatic rings. The third kappa shape index (κ3) is 5.41. The van der Waals surface area contributed by atoms with Crippen LogP contribution >= 0.6 is 0 Å². The van der Waals surface area contributed by atoms with Crippen LogP contribution in [0.3, 0.4) is 0 Å². The summed E-state index contributed by atoms with van der Waals surface area (Å²) in [5.41, 5.74) is 6.13. The Hall–Kier alpha value is -2.35. The number of carbonyl (C=O) groups is 1. The fraction of sp³-hybridized carbons (Fsp3) is 0.286. The monoisotopic (exact) mass is 308 g/mol. The van der Waals surface area contributed by atoms with Gasteiger partial charge in [-0.2, -0.15) is 0 Å². The molecule has 0 saturated carbocycles. The number of allylic oxidation sites excluding steroid dienone is 7. The molecule has 2 heteroatoms. The molecular formula is C21H24O2. The second-order valence-electron chi connectivity index (χ2n) is 6.03. The van der Waals surface area contributed by atoms with Gasteiger partial charge >= 0.3 is 5.97 Å². The number of hydrogen-bond acceptors (Lipinski definition) is 1. The molecule has 0 aromatic heterocycles. The quantitative estimate of drug-likeness (QED) is 0.464. The average molecular weight is 308 g/mol. The molecule has 0 radical (unpaired) electrons. The Morgan fingerprint density at radius 3 is 2.61 bits per heavy atom. The van der Waals surface area contributed by atoms with Crippen LogP contribution in [-0.4, -0.2) is 11.1 Å². The zero-order valence-electron chi connectivity index (χ0n) is 13.9. The molecule has 1 aromatic carbocycles. The first-order valence-electron chi connectivity index (χ1n) is 8.11. The summed E-state index contributed by atoms with van der Waals surface area (Å²) < 4.78 is 0. The molecule has 0 unspecified atom stereocenters. The van der Waals surface area contributed by atoms with E-state index in [1.54, 1.807) is 6.92 Å². The van der Waals surface area contributed by atoms with Crippen molar-refractivity contribution in [1.82, 2.24) is 0 Å². The van der Waals surface area contributed by atoms with Crippen molar-refractivity contribution in [2.45, 2.75) is 39.5 Å². The molecule has 1 aromatic rings. The van der Waals surface area contributed by atoms with Crippen molar-refractivity contribution in [1.29, 1.82) is 0 Å². The molecule has 2 rings (SSSR count). The van der Waals surface area contributed by atoms with E-state index in [0.29, 0.717) is 0 Å². The van der Waals surface area contributed by atoms with Crippen molar-refractivity contribution in [3.63, 3.8) is 0 Å². The predicted octanol–water partition coefficient (Wildman–Crippen LogP) is 5.33. The largest absolute Gasteiger partial charge is 0.478 e. The van der Waals surface area contributed by atoms with Gasteiger partial charge in [0.15, 0.2) is 0 Å². The summed E-state index contributed by atoms with van der Waals surface area (Å²) in [7, 11) is 0. The van der Waals surface area contributed by atoms with Gasteiger partial charge in [0.1, 0.15) is 0 Å². The van der Waals surface area contributed by atoms with E-state index in [0.717, 1.165) is 18.4 Å². The second kappa shape index (κ2) is 8.33. The molecule has 120 valence electrons. The number of aliphatic carboxylic acids is 1. The SMILES string of the molecule is CC(=C\C=C\C(C)=C\C(=O)O)/C=C1\CCCCc2ccccc21. The Morgan fingerprint density at radius 2 is 1.83 bits per heavy atom. The normalized spacial score (nSPS) is 18.1. The van der Waals surface area contributed by atoms with E-state index >= 15 is 0 Å². The summed E-state index contributed by atoms with van der Waals surface area (Å²) in [4.78, 5) is 10.6. The Bertz CT molecular complexity index is 688. The number of carboxylic acid groups (broad SMARTS) is 1. The van der Waals surface area contributed by atoms with Crippen molar-refractivity contribution in [3.05, 3.63) is 76.9 Å². The maximum absolute atomic E-state index is 10.6. The number of fused-ring (bicyclic) bond motifs is 1. The third-order valence-electron chi connectivity index (χ3n) is 3.98. The lowest BCUT2D eigenvalue weighted by molar-refractivity contribution is -0.131. The summed E-state index contributed by atoms with van der Waals surface area (Å²) >= 11 is 0. The van der Waals surface area contributed by atoms with Gasteiger partial charge in [0.25, 0.3) is 0 Å². The zero-order valence-corrected chi connectivity index (χ0v) is 13.9.